The van der Waals surface area contributed by atoms with Gasteiger partial charge in [-0.1, -0.05) is 110 Å². The van der Waals surface area contributed by atoms with Crippen LogP contribution in [0.25, 0.3) is 0 Å². The van der Waals surface area contributed by atoms with Gasteiger partial charge >= 0.3 is 0 Å². The molecule has 0 aliphatic heterocycles. The van der Waals surface area contributed by atoms with Crippen LogP contribution in [0.3, 0.4) is 0 Å². The zero-order chi connectivity index (χ0) is 34.0. The monoisotopic (exact) mass is 588 g/mol. The van der Waals surface area contributed by atoms with E-state index in [-0.39, 0.29) is 5.91 Å². The summed E-state index contributed by atoms with van der Waals surface area (Å²) in [5, 5.41) is 11.4. The lowest BCUT2D eigenvalue weighted by atomic mass is 10.3. The van der Waals surface area contributed by atoms with Gasteiger partial charge in [-0.25, -0.2) is 0 Å². The summed E-state index contributed by atoms with van der Waals surface area (Å²) in [5.41, 5.74) is 3.57. The van der Waals surface area contributed by atoms with Gasteiger partial charge in [-0.15, -0.1) is 0 Å². The lowest BCUT2D eigenvalue weighted by molar-refractivity contribution is -0.118. The number of nitrogens with one attached hydrogen (secondary N) is 4. The molecule has 0 fully saturated rings. The molecule has 6 heteroatoms. The van der Waals surface area contributed by atoms with Gasteiger partial charge in [-0.2, -0.15) is 0 Å². The highest BCUT2D eigenvalue weighted by Gasteiger charge is 1.87. The molecule has 0 heterocycles. The number of carbonyl (C=O) groups is 1. The molecule has 0 radical (unpaired) electrons. The Hall–Kier alpha value is -3.51. The molecule has 0 atom stereocenters. The Morgan fingerprint density at radius 3 is 0.952 bits per heavy atom. The molecule has 0 aromatic heterocycles. The van der Waals surface area contributed by atoms with Crippen molar-refractivity contribution in [3.05, 3.63) is 91.0 Å². The molecule has 0 aliphatic rings. The SMILES string of the molecule is CC.CC.CC.CC.CCNC(C)=O.CN(C)c1ccccc1.CNC.CNc1ccccc1.CNc1ccccc1. The Morgan fingerprint density at radius 1 is 0.571 bits per heavy atom. The maximum absolute atomic E-state index is 9.93. The maximum atomic E-state index is 9.93. The summed E-state index contributed by atoms with van der Waals surface area (Å²) in [6.45, 7) is 20.1. The number of hydrogen-bond acceptors (Lipinski definition) is 5. The first-order valence-electron chi connectivity index (χ1n) is 15.4. The van der Waals surface area contributed by atoms with Crippen molar-refractivity contribution in [1.82, 2.24) is 10.6 Å². The average Bonchev–Trinajstić information content (AvgIpc) is 3.07. The quantitative estimate of drug-likeness (QED) is 0.245. The number of benzene rings is 3. The molecule has 0 saturated heterocycles. The molecular weight excluding hydrogens is 518 g/mol. The second-order valence-electron chi connectivity index (χ2n) is 7.05. The van der Waals surface area contributed by atoms with E-state index in [0.29, 0.717) is 0 Å². The van der Waals surface area contributed by atoms with Crippen molar-refractivity contribution in [2.45, 2.75) is 69.2 Å². The van der Waals surface area contributed by atoms with Crippen molar-refractivity contribution in [3.8, 4) is 0 Å². The first-order valence-corrected chi connectivity index (χ1v) is 15.4. The molecular formula is C36H69N5O. The summed E-state index contributed by atoms with van der Waals surface area (Å²) < 4.78 is 0. The zero-order valence-corrected chi connectivity index (χ0v) is 30.2. The van der Waals surface area contributed by atoms with E-state index in [9.17, 15) is 4.79 Å². The van der Waals surface area contributed by atoms with E-state index in [1.807, 2.05) is 183 Å². The van der Waals surface area contributed by atoms with Gasteiger partial charge in [0.1, 0.15) is 0 Å². The molecule has 0 saturated carbocycles. The van der Waals surface area contributed by atoms with E-state index in [4.69, 9.17) is 0 Å². The van der Waals surface area contributed by atoms with Gasteiger partial charge in [-0.05, 0) is 57.4 Å². The van der Waals surface area contributed by atoms with Gasteiger partial charge < -0.3 is 26.2 Å². The van der Waals surface area contributed by atoms with E-state index in [2.05, 4.69) is 38.3 Å². The smallest absolute Gasteiger partial charge is 0.216 e. The number of anilines is 3. The standard InChI is InChI=1S/C8H11N.2C7H9N.C4H9NO.C2H7N.4C2H6/c1-9(2)8-6-4-3-5-7-8;2*1-8-7-5-3-2-4-6-7;1-3-5-4(2)6;1-3-2;4*1-2/h3-7H,1-2H3;2*2-6,8H,1H3;3H2,1-2H3,(H,5,6);3H,1-2H3;4*1-2H3. The first-order chi connectivity index (χ1) is 20.4. The summed E-state index contributed by atoms with van der Waals surface area (Å²) in [7, 11) is 11.6. The van der Waals surface area contributed by atoms with Crippen LogP contribution in [0, 0.1) is 0 Å². The molecule has 0 unspecified atom stereocenters. The predicted octanol–water partition coefficient (Wildman–Crippen LogP) is 9.29. The fourth-order valence-electron chi connectivity index (χ4n) is 2.18. The van der Waals surface area contributed by atoms with Crippen molar-refractivity contribution in [1.29, 1.82) is 0 Å². The molecule has 42 heavy (non-hydrogen) atoms. The van der Waals surface area contributed by atoms with E-state index in [1.165, 1.54) is 12.6 Å². The lowest BCUT2D eigenvalue weighted by Crippen LogP contribution is -2.18. The summed E-state index contributed by atoms with van der Waals surface area (Å²) in [4.78, 5) is 12.0. The van der Waals surface area contributed by atoms with Crippen LogP contribution >= 0.6 is 0 Å². The Labute approximate surface area is 262 Å². The summed E-state index contributed by atoms with van der Waals surface area (Å²) in [6, 6.07) is 30.4. The van der Waals surface area contributed by atoms with Gasteiger partial charge in [0, 0.05) is 58.7 Å². The Bertz CT molecular complexity index is 759. The van der Waals surface area contributed by atoms with Crippen LogP contribution in [-0.2, 0) is 4.79 Å². The number of rotatable bonds is 4. The van der Waals surface area contributed by atoms with E-state index >= 15 is 0 Å². The third-order valence-electron chi connectivity index (χ3n) is 3.82. The zero-order valence-electron chi connectivity index (χ0n) is 30.2. The van der Waals surface area contributed by atoms with Crippen LogP contribution in [0.2, 0.25) is 0 Å². The maximum Gasteiger partial charge on any atom is 0.216 e. The third kappa shape index (κ3) is 46.3. The normalized spacial score (nSPS) is 7.33. The van der Waals surface area contributed by atoms with Crippen molar-refractivity contribution >= 4 is 23.0 Å². The molecule has 3 aromatic rings. The molecule has 0 bridgehead atoms. The first kappa shape index (κ1) is 51.2. The molecule has 244 valence electrons. The molecule has 4 N–H and O–H groups in total. The van der Waals surface area contributed by atoms with E-state index in [0.717, 1.165) is 17.9 Å². The van der Waals surface area contributed by atoms with E-state index in [1.54, 1.807) is 0 Å². The van der Waals surface area contributed by atoms with Crippen LogP contribution in [0.5, 0.6) is 0 Å². The molecule has 3 rings (SSSR count). The van der Waals surface area contributed by atoms with Gasteiger partial charge in [0.05, 0.1) is 0 Å². The fraction of sp³-hybridized carbons (Fsp3) is 0.472. The Morgan fingerprint density at radius 2 is 0.833 bits per heavy atom. The van der Waals surface area contributed by atoms with Crippen molar-refractivity contribution in [3.63, 3.8) is 0 Å². The van der Waals surface area contributed by atoms with Crippen LogP contribution in [-0.4, -0.2) is 54.7 Å². The van der Waals surface area contributed by atoms with Crippen LogP contribution in [0.15, 0.2) is 91.0 Å². The second-order valence-corrected chi connectivity index (χ2v) is 7.05. The minimum absolute atomic E-state index is 0.0394. The average molecular weight is 588 g/mol. The molecule has 1 amide bonds. The van der Waals surface area contributed by atoms with Crippen molar-refractivity contribution < 1.29 is 4.79 Å². The topological polar surface area (TPSA) is 68.4 Å². The van der Waals surface area contributed by atoms with Gasteiger partial charge in [0.2, 0.25) is 5.91 Å². The third-order valence-corrected chi connectivity index (χ3v) is 3.82. The fourth-order valence-corrected chi connectivity index (χ4v) is 2.18. The Kier molecular flexibility index (Phi) is 61.4. The van der Waals surface area contributed by atoms with Gasteiger partial charge in [-0.3, -0.25) is 4.79 Å². The van der Waals surface area contributed by atoms with Gasteiger partial charge in [0.15, 0.2) is 0 Å². The number of amides is 1. The minimum Gasteiger partial charge on any atom is -0.388 e. The molecule has 6 nitrogen and oxygen atoms in total. The Balaban J connectivity index is -0.0000000930. The van der Waals surface area contributed by atoms with Crippen LogP contribution in [0.4, 0.5) is 17.1 Å². The highest BCUT2D eigenvalue weighted by molar-refractivity contribution is 5.72. The molecule has 0 spiro atoms. The van der Waals surface area contributed by atoms with Crippen LogP contribution < -0.4 is 26.2 Å². The summed E-state index contributed by atoms with van der Waals surface area (Å²) in [6.07, 6.45) is 0. The summed E-state index contributed by atoms with van der Waals surface area (Å²) >= 11 is 0. The highest BCUT2D eigenvalue weighted by Crippen LogP contribution is 2.07. The van der Waals surface area contributed by atoms with Gasteiger partial charge in [0.25, 0.3) is 0 Å². The number of hydrogen-bond donors (Lipinski definition) is 4. The van der Waals surface area contributed by atoms with Crippen molar-refractivity contribution in [2.24, 2.45) is 0 Å². The number of para-hydroxylation sites is 3. The predicted molar refractivity (Wildman–Crippen MR) is 197 cm³/mol. The molecule has 0 aliphatic carbocycles. The largest absolute Gasteiger partial charge is 0.388 e. The second kappa shape index (κ2) is 50.3. The van der Waals surface area contributed by atoms with Crippen molar-refractivity contribution in [2.75, 3.05) is 64.4 Å². The van der Waals surface area contributed by atoms with E-state index < -0.39 is 0 Å². The summed E-state index contributed by atoms with van der Waals surface area (Å²) in [5.74, 6) is 0.0394. The minimum atomic E-state index is 0.0394. The highest BCUT2D eigenvalue weighted by atomic mass is 16.1. The van der Waals surface area contributed by atoms with Crippen LogP contribution in [0.1, 0.15) is 69.2 Å². The lowest BCUT2D eigenvalue weighted by Gasteiger charge is -2.10. The number of carbonyl (C=O) groups excluding carboxylic acids is 1. The number of nitrogens with zero attached hydrogens (tertiary/aromatic N) is 1. The molecule has 3 aromatic carbocycles.